The Morgan fingerprint density at radius 1 is 1.08 bits per heavy atom. The molecule has 0 aliphatic rings. The Hall–Kier alpha value is -3.48. The van der Waals surface area contributed by atoms with Crippen molar-refractivity contribution in [1.29, 1.82) is 0 Å². The molecule has 1 heterocycles. The standard InChI is InChI=1S/C19H16N2O5/c1-21-18(23)15-9-4-3-8-14(15)17(20-21)19(24)26-11-16(22)12-6-5-7-13(10-12)25-2/h3-10H,11H2,1-2H3. The third kappa shape index (κ3) is 3.32. The number of benzene rings is 2. The fourth-order valence-corrected chi connectivity index (χ4v) is 2.53. The van der Waals surface area contributed by atoms with Crippen molar-refractivity contribution in [3.05, 3.63) is 70.1 Å². The van der Waals surface area contributed by atoms with Crippen LogP contribution >= 0.6 is 0 Å². The van der Waals surface area contributed by atoms with E-state index in [-0.39, 0.29) is 17.0 Å². The normalized spacial score (nSPS) is 10.5. The van der Waals surface area contributed by atoms with E-state index in [4.69, 9.17) is 9.47 Å². The molecule has 7 nitrogen and oxygen atoms in total. The number of Topliss-reactive ketones (excluding diaryl/α,β-unsaturated/α-hetero) is 1. The highest BCUT2D eigenvalue weighted by Gasteiger charge is 2.18. The second-order valence-electron chi connectivity index (χ2n) is 5.55. The van der Waals surface area contributed by atoms with Gasteiger partial charge in [0, 0.05) is 18.0 Å². The van der Waals surface area contributed by atoms with Crippen molar-refractivity contribution in [3.8, 4) is 5.75 Å². The number of esters is 1. The average Bonchev–Trinajstić information content (AvgIpc) is 2.68. The minimum absolute atomic E-state index is 0.0128. The lowest BCUT2D eigenvalue weighted by Crippen LogP contribution is -2.24. The van der Waals surface area contributed by atoms with Crippen LogP contribution in [0.4, 0.5) is 0 Å². The number of rotatable bonds is 5. The van der Waals surface area contributed by atoms with Gasteiger partial charge in [0.25, 0.3) is 5.56 Å². The molecule has 0 unspecified atom stereocenters. The first-order valence-corrected chi connectivity index (χ1v) is 7.81. The molecule has 0 amide bonds. The van der Waals surface area contributed by atoms with Crippen LogP contribution in [0, 0.1) is 0 Å². The third-order valence-corrected chi connectivity index (χ3v) is 3.88. The smallest absolute Gasteiger partial charge is 0.359 e. The highest BCUT2D eigenvalue weighted by Crippen LogP contribution is 2.15. The van der Waals surface area contributed by atoms with Crippen LogP contribution in [0.5, 0.6) is 5.75 Å². The van der Waals surface area contributed by atoms with Gasteiger partial charge in [0.2, 0.25) is 0 Å². The van der Waals surface area contributed by atoms with Crippen molar-refractivity contribution in [2.45, 2.75) is 0 Å². The van der Waals surface area contributed by atoms with Gasteiger partial charge >= 0.3 is 5.97 Å². The molecule has 3 rings (SSSR count). The Morgan fingerprint density at radius 3 is 2.54 bits per heavy atom. The van der Waals surface area contributed by atoms with Gasteiger partial charge in [-0.3, -0.25) is 9.59 Å². The number of hydrogen-bond donors (Lipinski definition) is 0. The van der Waals surface area contributed by atoms with Crippen molar-refractivity contribution in [3.63, 3.8) is 0 Å². The summed E-state index contributed by atoms with van der Waals surface area (Å²) in [5.74, 6) is -0.604. The minimum Gasteiger partial charge on any atom is -0.497 e. The molecule has 0 bridgehead atoms. The van der Waals surface area contributed by atoms with E-state index in [1.165, 1.54) is 14.2 Å². The summed E-state index contributed by atoms with van der Waals surface area (Å²) < 4.78 is 11.3. The summed E-state index contributed by atoms with van der Waals surface area (Å²) in [6.45, 7) is -0.440. The Labute approximate surface area is 148 Å². The Morgan fingerprint density at radius 2 is 1.81 bits per heavy atom. The lowest BCUT2D eigenvalue weighted by molar-refractivity contribution is 0.0469. The molecule has 1 aromatic heterocycles. The van der Waals surface area contributed by atoms with Crippen molar-refractivity contribution < 1.29 is 19.1 Å². The first-order chi connectivity index (χ1) is 12.5. The predicted molar refractivity (Wildman–Crippen MR) is 94.6 cm³/mol. The van der Waals surface area contributed by atoms with Crippen molar-refractivity contribution in [1.82, 2.24) is 9.78 Å². The molecule has 0 aliphatic carbocycles. The number of ketones is 1. The van der Waals surface area contributed by atoms with E-state index in [1.54, 1.807) is 48.5 Å². The highest BCUT2D eigenvalue weighted by atomic mass is 16.5. The maximum absolute atomic E-state index is 12.4. The van der Waals surface area contributed by atoms with Crippen molar-refractivity contribution in [2.75, 3.05) is 13.7 Å². The summed E-state index contributed by atoms with van der Waals surface area (Å²) in [4.78, 5) is 36.7. The summed E-state index contributed by atoms with van der Waals surface area (Å²) in [5, 5.41) is 4.72. The Bertz CT molecular complexity index is 1060. The second-order valence-corrected chi connectivity index (χ2v) is 5.55. The predicted octanol–water partition coefficient (Wildman–Crippen LogP) is 1.98. The number of carbonyl (C=O) groups excluding carboxylic acids is 2. The quantitative estimate of drug-likeness (QED) is 0.515. The lowest BCUT2D eigenvalue weighted by Gasteiger charge is -2.08. The monoisotopic (exact) mass is 352 g/mol. The molecule has 2 aromatic carbocycles. The fourth-order valence-electron chi connectivity index (χ4n) is 2.53. The lowest BCUT2D eigenvalue weighted by atomic mass is 10.1. The molecule has 0 saturated carbocycles. The van der Waals surface area contributed by atoms with Gasteiger partial charge in [0.15, 0.2) is 18.1 Å². The number of carbonyl (C=O) groups is 2. The highest BCUT2D eigenvalue weighted by molar-refractivity contribution is 6.04. The molecule has 0 N–H and O–H groups in total. The molecule has 7 heteroatoms. The molecule has 3 aromatic rings. The SMILES string of the molecule is COc1cccc(C(=O)COC(=O)c2nn(C)c(=O)c3ccccc23)c1. The van der Waals surface area contributed by atoms with Crippen molar-refractivity contribution in [2.24, 2.45) is 7.05 Å². The van der Waals surface area contributed by atoms with Gasteiger partial charge in [-0.1, -0.05) is 30.3 Å². The van der Waals surface area contributed by atoms with E-state index in [1.807, 2.05) is 0 Å². The fraction of sp³-hybridized carbons (Fsp3) is 0.158. The van der Waals surface area contributed by atoms with Crippen LogP contribution in [0.15, 0.2) is 53.3 Å². The van der Waals surface area contributed by atoms with Gasteiger partial charge in [0.05, 0.1) is 12.5 Å². The van der Waals surface area contributed by atoms with Crippen LogP contribution < -0.4 is 10.3 Å². The van der Waals surface area contributed by atoms with Gasteiger partial charge in [-0.2, -0.15) is 5.10 Å². The number of methoxy groups -OCH3 is 1. The number of aryl methyl sites for hydroxylation is 1. The Balaban J connectivity index is 1.83. The zero-order chi connectivity index (χ0) is 18.7. The van der Waals surface area contributed by atoms with Gasteiger partial charge < -0.3 is 9.47 Å². The second kappa shape index (κ2) is 7.18. The minimum atomic E-state index is -0.770. The third-order valence-electron chi connectivity index (χ3n) is 3.88. The number of hydrogen-bond acceptors (Lipinski definition) is 6. The molecule has 132 valence electrons. The average molecular weight is 352 g/mol. The zero-order valence-corrected chi connectivity index (χ0v) is 14.3. The summed E-state index contributed by atoms with van der Waals surface area (Å²) in [7, 11) is 2.95. The first-order valence-electron chi connectivity index (χ1n) is 7.81. The van der Waals surface area contributed by atoms with E-state index in [0.717, 1.165) is 4.68 Å². The molecule has 26 heavy (non-hydrogen) atoms. The van der Waals surface area contributed by atoms with Gasteiger partial charge in [-0.25, -0.2) is 9.48 Å². The Kier molecular flexibility index (Phi) is 4.79. The van der Waals surface area contributed by atoms with Gasteiger partial charge in [-0.15, -0.1) is 0 Å². The number of nitrogens with zero attached hydrogens (tertiary/aromatic N) is 2. The number of ether oxygens (including phenoxy) is 2. The van der Waals surface area contributed by atoms with Crippen LogP contribution in [-0.4, -0.2) is 35.2 Å². The molecule has 0 fully saturated rings. The van der Waals surface area contributed by atoms with Crippen LogP contribution in [0.1, 0.15) is 20.8 Å². The van der Waals surface area contributed by atoms with Gasteiger partial charge in [-0.05, 0) is 18.2 Å². The molecule has 0 atom stereocenters. The summed E-state index contributed by atoms with van der Waals surface area (Å²) in [6.07, 6.45) is 0. The van der Waals surface area contributed by atoms with Gasteiger partial charge in [0.1, 0.15) is 5.75 Å². The van der Waals surface area contributed by atoms with E-state index >= 15 is 0 Å². The number of aromatic nitrogens is 2. The van der Waals surface area contributed by atoms with Crippen LogP contribution in [0.25, 0.3) is 10.8 Å². The van der Waals surface area contributed by atoms with Crippen LogP contribution in [0.3, 0.4) is 0 Å². The maximum atomic E-state index is 12.4. The van der Waals surface area contributed by atoms with E-state index in [9.17, 15) is 14.4 Å². The van der Waals surface area contributed by atoms with Crippen LogP contribution in [-0.2, 0) is 11.8 Å². The van der Waals surface area contributed by atoms with E-state index < -0.39 is 12.6 Å². The molecule has 0 radical (unpaired) electrons. The summed E-state index contributed by atoms with van der Waals surface area (Å²) in [5.41, 5.74) is 0.0428. The molecule has 0 spiro atoms. The zero-order valence-electron chi connectivity index (χ0n) is 14.3. The maximum Gasteiger partial charge on any atom is 0.359 e. The van der Waals surface area contributed by atoms with Crippen LogP contribution in [0.2, 0.25) is 0 Å². The topological polar surface area (TPSA) is 87.5 Å². The molecule has 0 aliphatic heterocycles. The summed E-state index contributed by atoms with van der Waals surface area (Å²) >= 11 is 0. The molecule has 0 saturated heterocycles. The summed E-state index contributed by atoms with van der Waals surface area (Å²) in [6, 6.07) is 13.2. The van der Waals surface area contributed by atoms with Crippen molar-refractivity contribution >= 4 is 22.5 Å². The largest absolute Gasteiger partial charge is 0.497 e. The van der Waals surface area contributed by atoms with E-state index in [2.05, 4.69) is 5.10 Å². The van der Waals surface area contributed by atoms with E-state index in [0.29, 0.717) is 22.1 Å². The molecular formula is C19H16N2O5. The number of fused-ring (bicyclic) bond motifs is 1. The first kappa shape index (κ1) is 17.3. The molecular weight excluding hydrogens is 336 g/mol.